The summed E-state index contributed by atoms with van der Waals surface area (Å²) in [7, 11) is 0. The Morgan fingerprint density at radius 3 is 1.80 bits per heavy atom. The Bertz CT molecular complexity index is 1620. The van der Waals surface area contributed by atoms with Gasteiger partial charge in [-0.2, -0.15) is 0 Å². The third kappa shape index (κ3) is 5.15. The van der Waals surface area contributed by atoms with E-state index >= 15 is 0 Å². The molecule has 0 heterocycles. The molecule has 0 spiro atoms. The molecule has 4 unspecified atom stereocenters. The van der Waals surface area contributed by atoms with E-state index in [1.165, 1.54) is 73.6 Å². The fourth-order valence-electron chi connectivity index (χ4n) is 14.8. The number of hydrogen-bond acceptors (Lipinski definition) is 2. The Morgan fingerprint density at radius 2 is 1.25 bits per heavy atom. The van der Waals surface area contributed by atoms with Crippen molar-refractivity contribution in [3.63, 3.8) is 0 Å². The number of aliphatic hydroxyl groups excluding tert-OH is 1. The topological polar surface area (TPSA) is 29.5 Å². The van der Waals surface area contributed by atoms with Crippen LogP contribution in [0.15, 0.2) is 103 Å². The minimum absolute atomic E-state index is 0.116. The molecular weight excluding hydrogens is 621 g/mol. The first-order valence-electron chi connectivity index (χ1n) is 20.4. The van der Waals surface area contributed by atoms with Crippen LogP contribution < -0.4 is 0 Å². The molecule has 51 heavy (non-hydrogen) atoms. The first kappa shape index (κ1) is 35.4. The predicted octanol–water partition coefficient (Wildman–Crippen LogP) is 12.0. The van der Waals surface area contributed by atoms with E-state index in [4.69, 9.17) is 11.3 Å². The maximum absolute atomic E-state index is 11.3. The Balaban J connectivity index is 1.19. The molecule has 3 aromatic rings. The molecule has 0 saturated heterocycles. The lowest BCUT2D eigenvalue weighted by atomic mass is 9.32. The van der Waals surface area contributed by atoms with Gasteiger partial charge in [-0.25, -0.2) is 0 Å². The summed E-state index contributed by atoms with van der Waals surface area (Å²) >= 11 is 0. The van der Waals surface area contributed by atoms with E-state index in [0.29, 0.717) is 29.6 Å². The lowest BCUT2D eigenvalue weighted by molar-refractivity contribution is -0.249. The molecule has 2 heteroatoms. The lowest BCUT2D eigenvalue weighted by Crippen LogP contribution is -2.66. The third-order valence-electron chi connectivity index (χ3n) is 17.0. The monoisotopic (exact) mass is 684 g/mol. The smallest absolute Gasteiger partial charge is 0.143 e. The molecule has 0 bridgehead atoms. The second kappa shape index (κ2) is 12.4. The van der Waals surface area contributed by atoms with Crippen LogP contribution >= 0.6 is 0 Å². The van der Waals surface area contributed by atoms with Gasteiger partial charge in [-0.05, 0) is 144 Å². The van der Waals surface area contributed by atoms with Crippen LogP contribution in [0.4, 0.5) is 0 Å². The van der Waals surface area contributed by atoms with E-state index < -0.39 is 5.60 Å². The molecule has 5 fully saturated rings. The minimum atomic E-state index is -0.698. The molecule has 0 aliphatic heterocycles. The highest BCUT2D eigenvalue weighted by molar-refractivity contribution is 5.47. The SMILES string of the molecule is C=C(C)[C@@H]1CC[C@]2(COC(c3ccccc3)(c3ccccc3)c3ccccc3)CC[C@]3(C)C(CCC4[C@@]5(C)C[C@@H](O)CC(C)(C)C5CC[C@]43C)C12. The van der Waals surface area contributed by atoms with Gasteiger partial charge in [0, 0.05) is 0 Å². The summed E-state index contributed by atoms with van der Waals surface area (Å²) in [5.74, 6) is 3.13. The van der Waals surface area contributed by atoms with Crippen molar-refractivity contribution >= 4 is 0 Å². The summed E-state index contributed by atoms with van der Waals surface area (Å²) in [5.41, 5.74) is 5.31. The van der Waals surface area contributed by atoms with Crippen LogP contribution in [0.2, 0.25) is 0 Å². The number of fused-ring (bicyclic) bond motifs is 7. The maximum Gasteiger partial charge on any atom is 0.143 e. The zero-order valence-electron chi connectivity index (χ0n) is 32.5. The van der Waals surface area contributed by atoms with Gasteiger partial charge < -0.3 is 9.84 Å². The van der Waals surface area contributed by atoms with Crippen molar-refractivity contribution in [3.05, 3.63) is 120 Å². The molecular formula is C49H64O2. The number of hydrogen-bond donors (Lipinski definition) is 1. The molecule has 5 saturated carbocycles. The van der Waals surface area contributed by atoms with Gasteiger partial charge in [-0.3, -0.25) is 0 Å². The number of rotatable bonds is 7. The fraction of sp³-hybridized carbons (Fsp3) is 0.592. The van der Waals surface area contributed by atoms with Crippen molar-refractivity contribution in [3.8, 4) is 0 Å². The number of allylic oxidation sites excluding steroid dienone is 1. The summed E-state index contributed by atoms with van der Waals surface area (Å²) < 4.78 is 7.77. The molecule has 10 atom stereocenters. The van der Waals surface area contributed by atoms with E-state index in [1.54, 1.807) is 0 Å². The van der Waals surface area contributed by atoms with Gasteiger partial charge in [0.25, 0.3) is 0 Å². The van der Waals surface area contributed by atoms with Crippen LogP contribution in [-0.2, 0) is 10.3 Å². The van der Waals surface area contributed by atoms with E-state index in [1.807, 2.05) is 0 Å². The Morgan fingerprint density at radius 1 is 0.686 bits per heavy atom. The van der Waals surface area contributed by atoms with Crippen molar-refractivity contribution in [1.82, 2.24) is 0 Å². The van der Waals surface area contributed by atoms with E-state index in [9.17, 15) is 5.11 Å². The standard InChI is InChI=1S/C49H64O2/c1-34(2)39-25-28-48(33-51-49(35-17-11-8-12-18-35,36-19-13-9-14-20-36)37-21-15-10-16-22-37)30-29-46(6)40(43(39)48)23-24-42-45(5)32-38(50)31-44(3,4)41(45)26-27-47(42,46)7/h8-22,38-43,50H,1,23-33H2,2-7H3/t38-,39-,40?,41?,42?,43?,45-,46+,47+,48+/m0/s1. The largest absolute Gasteiger partial charge is 0.393 e. The van der Waals surface area contributed by atoms with Crippen LogP contribution in [0.1, 0.15) is 122 Å². The fourth-order valence-corrected chi connectivity index (χ4v) is 14.8. The summed E-state index contributed by atoms with van der Waals surface area (Å²) in [6, 6.07) is 32.9. The van der Waals surface area contributed by atoms with Gasteiger partial charge in [-0.15, -0.1) is 0 Å². The number of aliphatic hydroxyl groups is 1. The molecule has 0 radical (unpaired) electrons. The maximum atomic E-state index is 11.3. The summed E-state index contributed by atoms with van der Waals surface area (Å²) in [6.07, 6.45) is 11.9. The van der Waals surface area contributed by atoms with Crippen molar-refractivity contribution < 1.29 is 9.84 Å². The highest BCUT2D eigenvalue weighted by Crippen LogP contribution is 2.77. The normalized spacial score (nSPS) is 40.0. The Kier molecular flexibility index (Phi) is 8.63. The van der Waals surface area contributed by atoms with Crippen molar-refractivity contribution in [2.45, 2.75) is 117 Å². The summed E-state index contributed by atoms with van der Waals surface area (Å²) in [6.45, 7) is 20.7. The molecule has 272 valence electrons. The van der Waals surface area contributed by atoms with Crippen molar-refractivity contribution in [2.75, 3.05) is 6.61 Å². The molecule has 0 amide bonds. The van der Waals surface area contributed by atoms with Gasteiger partial charge in [0.1, 0.15) is 5.60 Å². The highest BCUT2D eigenvalue weighted by atomic mass is 16.5. The van der Waals surface area contributed by atoms with E-state index in [2.05, 4.69) is 133 Å². The van der Waals surface area contributed by atoms with Crippen LogP contribution in [-0.4, -0.2) is 17.8 Å². The molecule has 3 aromatic carbocycles. The van der Waals surface area contributed by atoms with Crippen LogP contribution in [0, 0.1) is 56.7 Å². The molecule has 0 aromatic heterocycles. The quantitative estimate of drug-likeness (QED) is 0.198. The zero-order chi connectivity index (χ0) is 35.9. The van der Waals surface area contributed by atoms with Crippen LogP contribution in [0.5, 0.6) is 0 Å². The Hall–Kier alpha value is -2.68. The average molecular weight is 685 g/mol. The average Bonchev–Trinajstić information content (AvgIpc) is 3.50. The Labute approximate surface area is 309 Å². The van der Waals surface area contributed by atoms with E-state index in [-0.39, 0.29) is 33.2 Å². The van der Waals surface area contributed by atoms with Gasteiger partial charge in [0.05, 0.1) is 12.7 Å². The second-order valence-corrected chi connectivity index (χ2v) is 19.7. The van der Waals surface area contributed by atoms with Crippen molar-refractivity contribution in [2.24, 2.45) is 56.7 Å². The highest BCUT2D eigenvalue weighted by Gasteiger charge is 2.71. The summed E-state index contributed by atoms with van der Waals surface area (Å²) in [5, 5.41) is 11.3. The van der Waals surface area contributed by atoms with Crippen LogP contribution in [0.25, 0.3) is 0 Å². The molecule has 5 aliphatic rings. The molecule has 8 rings (SSSR count). The molecule has 1 N–H and O–H groups in total. The lowest BCUT2D eigenvalue weighted by Gasteiger charge is -2.73. The first-order valence-corrected chi connectivity index (χ1v) is 20.4. The zero-order valence-corrected chi connectivity index (χ0v) is 32.5. The predicted molar refractivity (Wildman–Crippen MR) is 210 cm³/mol. The molecule has 2 nitrogen and oxygen atoms in total. The van der Waals surface area contributed by atoms with E-state index in [0.717, 1.165) is 19.4 Å². The second-order valence-electron chi connectivity index (χ2n) is 19.7. The van der Waals surface area contributed by atoms with Gasteiger partial charge in [0.15, 0.2) is 0 Å². The first-order chi connectivity index (χ1) is 24.3. The van der Waals surface area contributed by atoms with Gasteiger partial charge >= 0.3 is 0 Å². The number of benzene rings is 3. The molecule has 5 aliphatic carbocycles. The van der Waals surface area contributed by atoms with Crippen molar-refractivity contribution in [1.29, 1.82) is 0 Å². The third-order valence-corrected chi connectivity index (χ3v) is 17.0. The van der Waals surface area contributed by atoms with Gasteiger partial charge in [-0.1, -0.05) is 138 Å². The minimum Gasteiger partial charge on any atom is -0.393 e. The summed E-state index contributed by atoms with van der Waals surface area (Å²) in [4.78, 5) is 0. The van der Waals surface area contributed by atoms with Gasteiger partial charge in [0.2, 0.25) is 0 Å². The van der Waals surface area contributed by atoms with Crippen LogP contribution in [0.3, 0.4) is 0 Å². The number of ether oxygens (including phenoxy) is 1.